The lowest BCUT2D eigenvalue weighted by Crippen LogP contribution is -2.66. The zero-order valence-corrected chi connectivity index (χ0v) is 33.4. The molecule has 280 valence electrons. The van der Waals surface area contributed by atoms with Gasteiger partial charge in [0.05, 0.1) is 19.3 Å². The summed E-state index contributed by atoms with van der Waals surface area (Å²) in [5, 5.41) is 3.39. The van der Waals surface area contributed by atoms with Crippen molar-refractivity contribution in [1.82, 2.24) is 0 Å². The fraction of sp³-hybridized carbons (Fsp3) is 0.422. The van der Waals surface area contributed by atoms with Gasteiger partial charge in [-0.25, -0.2) is 0 Å². The van der Waals surface area contributed by atoms with Crippen LogP contribution in [0.2, 0.25) is 5.04 Å². The molecule has 5 atom stereocenters. The van der Waals surface area contributed by atoms with E-state index in [1.165, 1.54) is 27.6 Å². The van der Waals surface area contributed by atoms with Gasteiger partial charge in [0.2, 0.25) is 0 Å². The van der Waals surface area contributed by atoms with Crippen LogP contribution in [0.5, 0.6) is 0 Å². The van der Waals surface area contributed by atoms with Gasteiger partial charge in [-0.05, 0) is 71.5 Å². The summed E-state index contributed by atoms with van der Waals surface area (Å²) < 4.78 is 26.3. The van der Waals surface area contributed by atoms with Crippen LogP contribution in [0.1, 0.15) is 83.1 Å². The number of hydrogen-bond donors (Lipinski definition) is 0. The molecule has 0 N–H and O–H groups in total. The Labute approximate surface area is 320 Å². The van der Waals surface area contributed by atoms with E-state index in [2.05, 4.69) is 136 Å². The second-order valence-corrected chi connectivity index (χ2v) is 20.6. The predicted octanol–water partition coefficient (Wildman–Crippen LogP) is 9.48. The molecule has 2 fully saturated rings. The molecule has 0 spiro atoms. The number of hydrogen-bond acceptors (Lipinski definition) is 7. The van der Waals surface area contributed by atoms with Crippen molar-refractivity contribution in [1.29, 1.82) is 0 Å². The summed E-state index contributed by atoms with van der Waals surface area (Å²) in [4.78, 5) is 26.7. The van der Waals surface area contributed by atoms with Crippen molar-refractivity contribution >= 4 is 51.9 Å². The maximum atomic E-state index is 14.0. The lowest BCUT2D eigenvalue weighted by Gasteiger charge is -2.44. The zero-order valence-electron chi connectivity index (χ0n) is 31.6. The molecule has 3 aromatic carbocycles. The number of ketones is 1. The van der Waals surface area contributed by atoms with Crippen LogP contribution in [0.3, 0.4) is 0 Å². The third-order valence-electron chi connectivity index (χ3n) is 10.7. The monoisotopic (exact) mass is 750 g/mol. The Morgan fingerprint density at radius 2 is 1.66 bits per heavy atom. The number of carbonyl (C=O) groups excluding carboxylic acids is 2. The molecule has 0 bridgehead atoms. The van der Waals surface area contributed by atoms with Gasteiger partial charge >= 0.3 is 5.97 Å². The topological polar surface area (TPSA) is 71.1 Å². The number of esters is 1. The average molecular weight is 751 g/mol. The fourth-order valence-corrected chi connectivity index (χ4v) is 13.7. The number of benzene rings is 3. The Balaban J connectivity index is 1.37. The molecular formula is C45H54O6SSi. The lowest BCUT2D eigenvalue weighted by molar-refractivity contribution is -0.194. The molecule has 1 aliphatic carbocycles. The highest BCUT2D eigenvalue weighted by atomic mass is 32.1. The molecule has 2 aliphatic rings. The molecule has 0 amide bonds. The number of rotatable bonds is 15. The summed E-state index contributed by atoms with van der Waals surface area (Å²) in [5.74, 6) is -0.383. The second-order valence-electron chi connectivity index (χ2n) is 15.3. The largest absolute Gasteiger partial charge is 0.469 e. The van der Waals surface area contributed by atoms with Crippen LogP contribution in [0.4, 0.5) is 0 Å². The standard InChI is InChI=1S/C45H54O6SSi/c1-45(2,3)53(34-20-9-7-10-21-34,35-22-11-8-12-23-35)51-39(42-31-33-19-15-16-25-41(33)52-42)29-28-36-37(24-13-5-6-14-26-43(47)48-4)40(32-38(36)46)50-44-27-17-18-30-49-44/h5,7-13,15-16,19-23,25,28-29,31,36-37,39-40,44H,6,14,17-18,24,26-27,30,32H2,1-4H3/b13-5+,29-28+/t36-,37-,39-,40+,44?/m1/s1. The number of unbranched alkanes of at least 4 members (excludes halogenated alkanes) is 1. The minimum atomic E-state index is -2.96. The van der Waals surface area contributed by atoms with Crippen molar-refractivity contribution in [3.8, 4) is 0 Å². The van der Waals surface area contributed by atoms with Crippen molar-refractivity contribution in [2.45, 2.75) is 95.7 Å². The number of methoxy groups -OCH3 is 1. The molecule has 1 unspecified atom stereocenters. The van der Waals surface area contributed by atoms with E-state index in [-0.39, 0.29) is 47.1 Å². The Kier molecular flexibility index (Phi) is 13.3. The number of ether oxygens (including phenoxy) is 3. The first-order valence-corrected chi connectivity index (χ1v) is 21.9. The zero-order chi connectivity index (χ0) is 37.3. The summed E-state index contributed by atoms with van der Waals surface area (Å²) in [7, 11) is -1.54. The van der Waals surface area contributed by atoms with Crippen LogP contribution < -0.4 is 10.4 Å². The molecule has 1 saturated carbocycles. The minimum absolute atomic E-state index is 0.0444. The molecule has 6 nitrogen and oxygen atoms in total. The van der Waals surface area contributed by atoms with Crippen molar-refractivity contribution < 1.29 is 28.2 Å². The molecule has 2 heterocycles. The van der Waals surface area contributed by atoms with E-state index in [1.807, 2.05) is 0 Å². The van der Waals surface area contributed by atoms with E-state index in [0.29, 0.717) is 25.9 Å². The number of Topliss-reactive ketones (excluding diaryl/α,β-unsaturated/α-hetero) is 1. The quantitative estimate of drug-likeness (QED) is 0.0522. The maximum Gasteiger partial charge on any atom is 0.305 e. The highest BCUT2D eigenvalue weighted by molar-refractivity contribution is 7.19. The minimum Gasteiger partial charge on any atom is -0.469 e. The van der Waals surface area contributed by atoms with Crippen molar-refractivity contribution in [2.24, 2.45) is 11.8 Å². The first-order valence-electron chi connectivity index (χ1n) is 19.2. The van der Waals surface area contributed by atoms with Gasteiger partial charge < -0.3 is 18.6 Å². The normalized spacial score (nSPS) is 21.8. The third-order valence-corrected chi connectivity index (χ3v) is 16.9. The Bertz CT molecular complexity index is 1770. The van der Waals surface area contributed by atoms with Gasteiger partial charge in [0.15, 0.2) is 6.29 Å². The molecule has 53 heavy (non-hydrogen) atoms. The summed E-state index contributed by atoms with van der Waals surface area (Å²) >= 11 is 1.76. The summed E-state index contributed by atoms with van der Waals surface area (Å²) in [6, 6.07) is 32.2. The highest BCUT2D eigenvalue weighted by Crippen LogP contribution is 2.43. The number of allylic oxidation sites excluding steroid dienone is 3. The molecule has 1 aromatic heterocycles. The van der Waals surface area contributed by atoms with Crippen LogP contribution in [-0.4, -0.2) is 46.2 Å². The number of carbonyl (C=O) groups is 2. The molecule has 1 saturated heterocycles. The average Bonchev–Trinajstić information content (AvgIpc) is 3.73. The van der Waals surface area contributed by atoms with Gasteiger partial charge in [0.1, 0.15) is 5.78 Å². The van der Waals surface area contributed by atoms with Gasteiger partial charge in [-0.15, -0.1) is 11.3 Å². The first kappa shape index (κ1) is 39.0. The molecule has 4 aromatic rings. The Morgan fingerprint density at radius 3 is 2.30 bits per heavy atom. The fourth-order valence-electron chi connectivity index (χ4n) is 7.94. The Morgan fingerprint density at radius 1 is 0.962 bits per heavy atom. The van der Waals surface area contributed by atoms with Crippen LogP contribution >= 0.6 is 11.3 Å². The Hall–Kier alpha value is -3.66. The molecule has 6 rings (SSSR count). The highest BCUT2D eigenvalue weighted by Gasteiger charge is 2.52. The van der Waals surface area contributed by atoms with Gasteiger partial charge in [-0.2, -0.15) is 0 Å². The SMILES string of the molecule is COC(=O)CCC/C=C/C[C@H]1[C@@H](OC2CCCCO2)CC(=O)[C@@H]1/C=C/[C@@H](O[Si](c1ccccc1)(c1ccccc1)C(C)(C)C)c1cc2ccccc2s1. The lowest BCUT2D eigenvalue weighted by atomic mass is 9.90. The van der Waals surface area contributed by atoms with Crippen molar-refractivity contribution in [2.75, 3.05) is 13.7 Å². The summed E-state index contributed by atoms with van der Waals surface area (Å²) in [5.41, 5.74) is 0. The maximum absolute atomic E-state index is 14.0. The smallest absolute Gasteiger partial charge is 0.305 e. The van der Waals surface area contributed by atoms with E-state index in [1.54, 1.807) is 11.3 Å². The van der Waals surface area contributed by atoms with E-state index in [0.717, 1.165) is 37.0 Å². The third kappa shape index (κ3) is 9.35. The van der Waals surface area contributed by atoms with E-state index >= 15 is 0 Å². The summed E-state index contributed by atoms with van der Waals surface area (Å²) in [6.45, 7) is 7.59. The first-order chi connectivity index (χ1) is 25.7. The summed E-state index contributed by atoms with van der Waals surface area (Å²) in [6.07, 6.45) is 13.6. The van der Waals surface area contributed by atoms with Crippen molar-refractivity contribution in [3.63, 3.8) is 0 Å². The molecule has 1 aliphatic heterocycles. The molecule has 0 radical (unpaired) electrons. The predicted molar refractivity (Wildman–Crippen MR) is 217 cm³/mol. The van der Waals surface area contributed by atoms with Crippen LogP contribution in [0.15, 0.2) is 115 Å². The number of thiophene rings is 1. The molecular weight excluding hydrogens is 697 g/mol. The number of fused-ring (bicyclic) bond motifs is 1. The van der Waals surface area contributed by atoms with Crippen molar-refractivity contribution in [3.05, 3.63) is 120 Å². The second kappa shape index (κ2) is 18.1. The molecule has 8 heteroatoms. The van der Waals surface area contributed by atoms with Crippen LogP contribution in [0, 0.1) is 11.8 Å². The van der Waals surface area contributed by atoms with E-state index < -0.39 is 8.32 Å². The van der Waals surface area contributed by atoms with E-state index in [4.69, 9.17) is 18.6 Å². The van der Waals surface area contributed by atoms with Gasteiger partial charge in [0, 0.05) is 40.9 Å². The van der Waals surface area contributed by atoms with Gasteiger partial charge in [0.25, 0.3) is 8.32 Å². The van der Waals surface area contributed by atoms with Gasteiger partial charge in [-0.3, -0.25) is 9.59 Å². The van der Waals surface area contributed by atoms with Gasteiger partial charge in [-0.1, -0.05) is 124 Å². The van der Waals surface area contributed by atoms with E-state index in [9.17, 15) is 9.59 Å². The van der Waals surface area contributed by atoms with Crippen LogP contribution in [-0.2, 0) is 28.2 Å². The van der Waals surface area contributed by atoms with Crippen LogP contribution in [0.25, 0.3) is 10.1 Å².